The van der Waals surface area contributed by atoms with E-state index in [2.05, 4.69) is 24.8 Å². The molecular weight excluding hydrogens is 358 g/mol. The highest BCUT2D eigenvalue weighted by Crippen LogP contribution is 2.38. The van der Waals surface area contributed by atoms with E-state index in [9.17, 15) is 0 Å². The summed E-state index contributed by atoms with van der Waals surface area (Å²) >= 11 is 6.24. The van der Waals surface area contributed by atoms with Crippen molar-refractivity contribution >= 4 is 23.1 Å². The van der Waals surface area contributed by atoms with E-state index in [1.165, 1.54) is 0 Å². The van der Waals surface area contributed by atoms with Crippen molar-refractivity contribution < 1.29 is 0 Å². The first-order valence-corrected chi connectivity index (χ1v) is 8.81. The molecule has 4 rings (SSSR count). The Morgan fingerprint density at radius 1 is 0.741 bits per heavy atom. The number of anilines is 2. The zero-order valence-electron chi connectivity index (χ0n) is 14.4. The van der Waals surface area contributed by atoms with Crippen molar-refractivity contribution in [1.29, 1.82) is 0 Å². The summed E-state index contributed by atoms with van der Waals surface area (Å²) < 4.78 is 0. The third-order valence-electron chi connectivity index (χ3n) is 4.12. The summed E-state index contributed by atoms with van der Waals surface area (Å²) in [6, 6.07) is 15.4. The topological polar surface area (TPSA) is 54.8 Å². The highest BCUT2D eigenvalue weighted by Gasteiger charge is 2.26. The van der Waals surface area contributed by atoms with Crippen LogP contribution in [0.1, 0.15) is 17.2 Å². The highest BCUT2D eigenvalue weighted by molar-refractivity contribution is 6.30. The summed E-state index contributed by atoms with van der Waals surface area (Å²) in [6.45, 7) is 0. The van der Waals surface area contributed by atoms with Gasteiger partial charge in [0.25, 0.3) is 0 Å². The van der Waals surface area contributed by atoms with Gasteiger partial charge in [0.05, 0.1) is 22.9 Å². The third-order valence-corrected chi connectivity index (χ3v) is 4.33. The fourth-order valence-electron chi connectivity index (χ4n) is 3.01. The van der Waals surface area contributed by atoms with Gasteiger partial charge in [-0.25, -0.2) is 4.98 Å². The molecule has 0 aliphatic rings. The predicted molar refractivity (Wildman–Crippen MR) is 106 cm³/mol. The van der Waals surface area contributed by atoms with Gasteiger partial charge in [0.2, 0.25) is 0 Å². The van der Waals surface area contributed by atoms with Crippen molar-refractivity contribution in [1.82, 2.24) is 19.9 Å². The first-order valence-electron chi connectivity index (χ1n) is 8.43. The van der Waals surface area contributed by atoms with E-state index in [1.807, 2.05) is 60.9 Å². The summed E-state index contributed by atoms with van der Waals surface area (Å²) in [7, 11) is 0. The number of nitrogens with zero attached hydrogens (tertiary/aromatic N) is 5. The van der Waals surface area contributed by atoms with E-state index in [4.69, 9.17) is 11.6 Å². The van der Waals surface area contributed by atoms with Crippen LogP contribution in [-0.4, -0.2) is 19.9 Å². The lowest BCUT2D eigenvalue weighted by atomic mass is 9.99. The molecule has 0 bridgehead atoms. The minimum absolute atomic E-state index is 0.192. The predicted octanol–water partition coefficient (Wildman–Crippen LogP) is 4.85. The standard InChI is InChI=1S/C21H16ClN5/c22-18-11-19(15-25-14-18)27(20-7-1-2-10-26-20)21(16-5-3-8-23-12-16)17-6-4-9-24-13-17/h1-15,21H. The molecule has 132 valence electrons. The fraction of sp³-hybridized carbons (Fsp3) is 0.0476. The molecule has 0 spiro atoms. The highest BCUT2D eigenvalue weighted by atomic mass is 35.5. The van der Waals surface area contributed by atoms with Crippen LogP contribution < -0.4 is 4.90 Å². The Bertz CT molecular complexity index is 957. The van der Waals surface area contributed by atoms with Gasteiger partial charge >= 0.3 is 0 Å². The molecule has 0 amide bonds. The smallest absolute Gasteiger partial charge is 0.133 e. The third kappa shape index (κ3) is 3.78. The zero-order valence-corrected chi connectivity index (χ0v) is 15.1. The molecule has 4 heterocycles. The first-order chi connectivity index (χ1) is 13.3. The van der Waals surface area contributed by atoms with Gasteiger partial charge in [-0.05, 0) is 41.5 Å². The van der Waals surface area contributed by atoms with Gasteiger partial charge in [-0.3, -0.25) is 15.0 Å². The number of hydrogen-bond donors (Lipinski definition) is 0. The van der Waals surface area contributed by atoms with Gasteiger partial charge in [0.1, 0.15) is 5.82 Å². The second kappa shape index (κ2) is 7.93. The van der Waals surface area contributed by atoms with Crippen LogP contribution in [0.3, 0.4) is 0 Å². The van der Waals surface area contributed by atoms with Crippen LogP contribution in [0.2, 0.25) is 5.02 Å². The molecule has 4 aromatic rings. The normalized spacial score (nSPS) is 10.7. The Balaban J connectivity index is 1.94. The number of halogens is 1. The Morgan fingerprint density at radius 2 is 1.48 bits per heavy atom. The minimum Gasteiger partial charge on any atom is -0.313 e. The van der Waals surface area contributed by atoms with Gasteiger partial charge < -0.3 is 4.90 Å². The van der Waals surface area contributed by atoms with Crippen LogP contribution >= 0.6 is 11.6 Å². The van der Waals surface area contributed by atoms with Gasteiger partial charge in [-0.2, -0.15) is 0 Å². The lowest BCUT2D eigenvalue weighted by Crippen LogP contribution is -2.26. The Hall–Kier alpha value is -3.31. The molecule has 0 fully saturated rings. The molecule has 0 N–H and O–H groups in total. The van der Waals surface area contributed by atoms with Crippen LogP contribution in [0.5, 0.6) is 0 Å². The molecule has 0 aliphatic heterocycles. The van der Waals surface area contributed by atoms with Crippen LogP contribution in [0.4, 0.5) is 11.5 Å². The van der Waals surface area contributed by atoms with Crippen LogP contribution in [0.25, 0.3) is 0 Å². The summed E-state index contributed by atoms with van der Waals surface area (Å²) in [5.41, 5.74) is 2.85. The Kier molecular flexibility index (Phi) is 5.03. The molecule has 5 nitrogen and oxygen atoms in total. The van der Waals surface area contributed by atoms with E-state index < -0.39 is 0 Å². The second-order valence-corrected chi connectivity index (χ2v) is 6.33. The summed E-state index contributed by atoms with van der Waals surface area (Å²) in [4.78, 5) is 19.5. The van der Waals surface area contributed by atoms with Crippen molar-refractivity contribution in [3.05, 3.63) is 108 Å². The number of rotatable bonds is 5. The van der Waals surface area contributed by atoms with Crippen LogP contribution in [0, 0.1) is 0 Å². The molecule has 4 aromatic heterocycles. The molecular formula is C21H16ClN5. The molecule has 0 radical (unpaired) electrons. The Morgan fingerprint density at radius 3 is 2.04 bits per heavy atom. The monoisotopic (exact) mass is 373 g/mol. The van der Waals surface area contributed by atoms with E-state index in [0.29, 0.717) is 5.02 Å². The molecule has 0 aliphatic carbocycles. The van der Waals surface area contributed by atoms with Gasteiger partial charge in [-0.1, -0.05) is 29.8 Å². The van der Waals surface area contributed by atoms with Crippen molar-refractivity contribution in [2.75, 3.05) is 4.90 Å². The van der Waals surface area contributed by atoms with Crippen molar-refractivity contribution in [3.8, 4) is 0 Å². The van der Waals surface area contributed by atoms with E-state index in [-0.39, 0.29) is 6.04 Å². The van der Waals surface area contributed by atoms with Gasteiger partial charge in [0, 0.05) is 37.2 Å². The number of hydrogen-bond acceptors (Lipinski definition) is 5. The molecule has 27 heavy (non-hydrogen) atoms. The quantitative estimate of drug-likeness (QED) is 0.500. The molecule has 6 heteroatoms. The van der Waals surface area contributed by atoms with Crippen LogP contribution in [-0.2, 0) is 0 Å². The van der Waals surface area contributed by atoms with Crippen LogP contribution in [0.15, 0.2) is 91.9 Å². The summed E-state index contributed by atoms with van der Waals surface area (Å²) in [5, 5.41) is 0.560. The fourth-order valence-corrected chi connectivity index (χ4v) is 3.18. The summed E-state index contributed by atoms with van der Waals surface area (Å²) in [5.74, 6) is 0.777. The Labute approximate surface area is 162 Å². The molecule has 0 saturated heterocycles. The van der Waals surface area contributed by atoms with Crippen molar-refractivity contribution in [2.24, 2.45) is 0 Å². The maximum atomic E-state index is 6.24. The average molecular weight is 374 g/mol. The number of pyridine rings is 4. The number of aromatic nitrogens is 4. The van der Waals surface area contributed by atoms with E-state index >= 15 is 0 Å². The summed E-state index contributed by atoms with van der Waals surface area (Å²) in [6.07, 6.45) is 12.4. The first kappa shape index (κ1) is 17.1. The molecule has 0 aromatic carbocycles. The van der Waals surface area contributed by atoms with Gasteiger partial charge in [-0.15, -0.1) is 0 Å². The molecule has 0 atom stereocenters. The van der Waals surface area contributed by atoms with E-state index in [0.717, 1.165) is 22.6 Å². The second-order valence-electron chi connectivity index (χ2n) is 5.89. The average Bonchev–Trinajstić information content (AvgIpc) is 2.74. The SMILES string of the molecule is Clc1cncc(N(c2ccccn2)C(c2cccnc2)c2cccnc2)c1. The molecule has 0 saturated carbocycles. The van der Waals surface area contributed by atoms with E-state index in [1.54, 1.807) is 31.0 Å². The van der Waals surface area contributed by atoms with Crippen molar-refractivity contribution in [3.63, 3.8) is 0 Å². The maximum absolute atomic E-state index is 6.24. The van der Waals surface area contributed by atoms with Gasteiger partial charge in [0.15, 0.2) is 0 Å². The maximum Gasteiger partial charge on any atom is 0.133 e. The largest absolute Gasteiger partial charge is 0.313 e. The lowest BCUT2D eigenvalue weighted by Gasteiger charge is -2.33. The minimum atomic E-state index is -0.192. The zero-order chi connectivity index (χ0) is 18.5. The lowest BCUT2D eigenvalue weighted by molar-refractivity contribution is 0.794. The molecule has 0 unspecified atom stereocenters. The van der Waals surface area contributed by atoms with Crippen molar-refractivity contribution in [2.45, 2.75) is 6.04 Å².